The highest BCUT2D eigenvalue weighted by atomic mass is 19.3. The molecule has 0 spiro atoms. The second-order valence-electron chi connectivity index (χ2n) is 2.47. The Hall–Kier alpha value is -1.30. The number of ether oxygens (including phenoxy) is 1. The van der Waals surface area contributed by atoms with Gasteiger partial charge >= 0.3 is 0 Å². The number of aromatic nitrogens is 1. The van der Waals surface area contributed by atoms with Crippen LogP contribution in [0.4, 0.5) is 13.2 Å². The first-order chi connectivity index (χ1) is 6.60. The molecule has 0 aromatic carbocycles. The largest absolute Gasteiger partial charge is 0.494 e. The van der Waals surface area contributed by atoms with E-state index in [4.69, 9.17) is 5.11 Å². The molecule has 0 aliphatic rings. The number of aliphatic hydroxyl groups excluding tert-OH is 1. The number of aliphatic hydroxyl groups is 1. The molecular formula is C8H8F3NO2. The summed E-state index contributed by atoms with van der Waals surface area (Å²) in [6.45, 7) is -0.545. The highest BCUT2D eigenvalue weighted by Gasteiger charge is 2.20. The molecule has 0 bridgehead atoms. The van der Waals surface area contributed by atoms with Crippen LogP contribution in [-0.2, 0) is 6.61 Å². The molecule has 1 aromatic heterocycles. The standard InChI is InChI=1S/C8H8F3NO2/c1-14-5-2-4(3-13)12-7(6(5)9)8(10)11/h2,8,13H,3H2,1H3. The first-order valence-corrected chi connectivity index (χ1v) is 3.72. The molecule has 0 aliphatic carbocycles. The Balaban J connectivity index is 3.27. The van der Waals surface area contributed by atoms with Gasteiger partial charge in [0.05, 0.1) is 19.4 Å². The molecule has 3 nitrogen and oxygen atoms in total. The van der Waals surface area contributed by atoms with E-state index in [1.165, 1.54) is 0 Å². The number of halogens is 3. The quantitative estimate of drug-likeness (QED) is 0.819. The van der Waals surface area contributed by atoms with Crippen molar-refractivity contribution in [1.82, 2.24) is 4.98 Å². The molecule has 1 aromatic rings. The summed E-state index contributed by atoms with van der Waals surface area (Å²) in [4.78, 5) is 3.24. The van der Waals surface area contributed by atoms with E-state index in [0.29, 0.717) is 0 Å². The summed E-state index contributed by atoms with van der Waals surface area (Å²) in [7, 11) is 1.15. The summed E-state index contributed by atoms with van der Waals surface area (Å²) in [5.41, 5.74) is -1.06. The Morgan fingerprint density at radius 2 is 2.21 bits per heavy atom. The van der Waals surface area contributed by atoms with Crippen molar-refractivity contribution >= 4 is 0 Å². The fourth-order valence-electron chi connectivity index (χ4n) is 0.951. The van der Waals surface area contributed by atoms with Crippen LogP contribution in [0.15, 0.2) is 6.07 Å². The third kappa shape index (κ3) is 1.95. The van der Waals surface area contributed by atoms with Crippen LogP contribution in [0.5, 0.6) is 5.75 Å². The lowest BCUT2D eigenvalue weighted by Gasteiger charge is -2.08. The lowest BCUT2D eigenvalue weighted by Crippen LogP contribution is -2.03. The Bertz CT molecular complexity index is 331. The summed E-state index contributed by atoms with van der Waals surface area (Å²) in [6, 6.07) is 1.07. The molecule has 1 rings (SSSR count). The van der Waals surface area contributed by atoms with Gasteiger partial charge in [-0.25, -0.2) is 18.2 Å². The summed E-state index contributed by atoms with van der Waals surface area (Å²) in [6.07, 6.45) is -3.03. The van der Waals surface area contributed by atoms with Gasteiger partial charge in [-0.1, -0.05) is 0 Å². The summed E-state index contributed by atoms with van der Waals surface area (Å²) >= 11 is 0. The Morgan fingerprint density at radius 1 is 1.57 bits per heavy atom. The highest BCUT2D eigenvalue weighted by Crippen LogP contribution is 2.27. The van der Waals surface area contributed by atoms with Crippen LogP contribution in [0.2, 0.25) is 0 Å². The predicted octanol–water partition coefficient (Wildman–Crippen LogP) is 1.66. The van der Waals surface area contributed by atoms with Gasteiger partial charge in [0.25, 0.3) is 6.43 Å². The molecule has 0 amide bonds. The fourth-order valence-corrected chi connectivity index (χ4v) is 0.951. The van der Waals surface area contributed by atoms with Crippen molar-refractivity contribution in [3.8, 4) is 5.75 Å². The van der Waals surface area contributed by atoms with E-state index in [1.54, 1.807) is 0 Å². The van der Waals surface area contributed by atoms with Crippen molar-refractivity contribution in [2.24, 2.45) is 0 Å². The van der Waals surface area contributed by atoms with E-state index in [1.807, 2.05) is 0 Å². The molecule has 0 radical (unpaired) electrons. The first kappa shape index (κ1) is 10.8. The van der Waals surface area contributed by atoms with Crippen molar-refractivity contribution < 1.29 is 23.0 Å². The van der Waals surface area contributed by atoms with Gasteiger partial charge in [-0.05, 0) is 0 Å². The SMILES string of the molecule is COc1cc(CO)nc(C(F)F)c1F. The third-order valence-electron chi connectivity index (χ3n) is 1.59. The molecule has 0 saturated carbocycles. The van der Waals surface area contributed by atoms with E-state index in [9.17, 15) is 13.2 Å². The molecule has 6 heteroatoms. The van der Waals surface area contributed by atoms with Crippen LogP contribution in [0.1, 0.15) is 17.8 Å². The molecule has 1 heterocycles. The van der Waals surface area contributed by atoms with Crippen LogP contribution in [-0.4, -0.2) is 17.2 Å². The topological polar surface area (TPSA) is 42.4 Å². The average molecular weight is 207 g/mol. The number of rotatable bonds is 3. The minimum atomic E-state index is -3.03. The van der Waals surface area contributed by atoms with Gasteiger partial charge in [-0.3, -0.25) is 0 Å². The number of pyridine rings is 1. The molecule has 0 fully saturated rings. The minimum absolute atomic E-state index is 0.0569. The van der Waals surface area contributed by atoms with Gasteiger partial charge in [-0.2, -0.15) is 0 Å². The maximum Gasteiger partial charge on any atom is 0.283 e. The number of nitrogens with zero attached hydrogens (tertiary/aromatic N) is 1. The monoisotopic (exact) mass is 207 g/mol. The van der Waals surface area contributed by atoms with Crippen molar-refractivity contribution in [3.63, 3.8) is 0 Å². The van der Waals surface area contributed by atoms with E-state index in [-0.39, 0.29) is 11.4 Å². The Kier molecular flexibility index (Phi) is 3.29. The molecular weight excluding hydrogens is 199 g/mol. The molecule has 0 saturated heterocycles. The summed E-state index contributed by atoms with van der Waals surface area (Å²) in [5.74, 6) is -1.54. The van der Waals surface area contributed by atoms with E-state index >= 15 is 0 Å². The van der Waals surface area contributed by atoms with Crippen LogP contribution < -0.4 is 4.74 Å². The second kappa shape index (κ2) is 4.28. The first-order valence-electron chi connectivity index (χ1n) is 3.72. The number of methoxy groups -OCH3 is 1. The van der Waals surface area contributed by atoms with Crippen LogP contribution >= 0.6 is 0 Å². The molecule has 78 valence electrons. The fraction of sp³-hybridized carbons (Fsp3) is 0.375. The van der Waals surface area contributed by atoms with Crippen molar-refractivity contribution in [2.75, 3.05) is 7.11 Å². The van der Waals surface area contributed by atoms with Crippen LogP contribution in [0.3, 0.4) is 0 Å². The zero-order valence-corrected chi connectivity index (χ0v) is 7.30. The minimum Gasteiger partial charge on any atom is -0.494 e. The Labute approximate surface area is 78.2 Å². The lowest BCUT2D eigenvalue weighted by atomic mass is 10.2. The number of hydrogen-bond donors (Lipinski definition) is 1. The molecule has 1 N–H and O–H groups in total. The van der Waals surface area contributed by atoms with E-state index < -0.39 is 24.5 Å². The zero-order valence-electron chi connectivity index (χ0n) is 7.30. The smallest absolute Gasteiger partial charge is 0.283 e. The van der Waals surface area contributed by atoms with Crippen molar-refractivity contribution in [3.05, 3.63) is 23.3 Å². The maximum absolute atomic E-state index is 13.1. The van der Waals surface area contributed by atoms with Gasteiger partial charge in [-0.15, -0.1) is 0 Å². The van der Waals surface area contributed by atoms with Gasteiger partial charge in [0, 0.05) is 6.07 Å². The van der Waals surface area contributed by atoms with Gasteiger partial charge < -0.3 is 9.84 Å². The predicted molar refractivity (Wildman–Crippen MR) is 41.6 cm³/mol. The normalized spacial score (nSPS) is 10.7. The summed E-state index contributed by atoms with van der Waals surface area (Å²) < 4.78 is 42.1. The highest BCUT2D eigenvalue weighted by molar-refractivity contribution is 5.29. The van der Waals surface area contributed by atoms with E-state index in [0.717, 1.165) is 13.2 Å². The van der Waals surface area contributed by atoms with Crippen LogP contribution in [0, 0.1) is 5.82 Å². The summed E-state index contributed by atoms with van der Waals surface area (Å²) in [5, 5.41) is 8.67. The molecule has 0 unspecified atom stereocenters. The second-order valence-corrected chi connectivity index (χ2v) is 2.47. The molecule has 14 heavy (non-hydrogen) atoms. The van der Waals surface area contributed by atoms with E-state index in [2.05, 4.69) is 9.72 Å². The molecule has 0 atom stereocenters. The van der Waals surface area contributed by atoms with Gasteiger partial charge in [0.1, 0.15) is 5.69 Å². The number of alkyl halides is 2. The van der Waals surface area contributed by atoms with Crippen LogP contribution in [0.25, 0.3) is 0 Å². The average Bonchev–Trinajstić information content (AvgIpc) is 2.17. The lowest BCUT2D eigenvalue weighted by molar-refractivity contribution is 0.138. The van der Waals surface area contributed by atoms with Crippen molar-refractivity contribution in [2.45, 2.75) is 13.0 Å². The number of hydrogen-bond acceptors (Lipinski definition) is 3. The van der Waals surface area contributed by atoms with Gasteiger partial charge in [0.2, 0.25) is 0 Å². The molecule has 0 aliphatic heterocycles. The Morgan fingerprint density at radius 3 is 2.64 bits per heavy atom. The zero-order chi connectivity index (χ0) is 10.7. The third-order valence-corrected chi connectivity index (χ3v) is 1.59. The maximum atomic E-state index is 13.1. The van der Waals surface area contributed by atoms with Gasteiger partial charge in [0.15, 0.2) is 11.6 Å². The van der Waals surface area contributed by atoms with Crippen molar-refractivity contribution in [1.29, 1.82) is 0 Å².